The number of aliphatic hydroxyl groups excluding tert-OH is 1. The van der Waals surface area contributed by atoms with E-state index in [0.717, 1.165) is 12.8 Å². The number of aliphatic hydroxyl groups is 1. The van der Waals surface area contributed by atoms with Crippen molar-refractivity contribution >= 4 is 11.5 Å². The number of piperidine rings is 1. The summed E-state index contributed by atoms with van der Waals surface area (Å²) in [5.74, 6) is 0.770. The molecule has 0 saturated carbocycles. The van der Waals surface area contributed by atoms with Crippen LogP contribution in [0, 0.1) is 11.8 Å². The van der Waals surface area contributed by atoms with E-state index in [9.17, 15) is 14.7 Å². The molecule has 21 heavy (non-hydrogen) atoms. The Labute approximate surface area is 123 Å². The van der Waals surface area contributed by atoms with Crippen molar-refractivity contribution in [3.8, 4) is 0 Å². The number of nitrogen functional groups attached to an aromatic ring is 1. The van der Waals surface area contributed by atoms with Crippen LogP contribution in [0.3, 0.4) is 0 Å². The van der Waals surface area contributed by atoms with E-state index >= 15 is 0 Å². The van der Waals surface area contributed by atoms with E-state index in [0.29, 0.717) is 25.3 Å². The van der Waals surface area contributed by atoms with Crippen molar-refractivity contribution in [2.24, 2.45) is 11.8 Å². The second kappa shape index (κ2) is 6.34. The molecule has 7 nitrogen and oxygen atoms in total. The Hall–Kier alpha value is -1.76. The molecule has 7 heteroatoms. The van der Waals surface area contributed by atoms with Crippen molar-refractivity contribution < 1.29 is 5.11 Å². The molecule has 2 heterocycles. The van der Waals surface area contributed by atoms with Crippen LogP contribution in [0.25, 0.3) is 0 Å². The zero-order chi connectivity index (χ0) is 15.6. The van der Waals surface area contributed by atoms with Crippen molar-refractivity contribution in [3.63, 3.8) is 0 Å². The average molecular weight is 296 g/mol. The monoisotopic (exact) mass is 296 g/mol. The van der Waals surface area contributed by atoms with Gasteiger partial charge >= 0.3 is 5.69 Å². The second-order valence-corrected chi connectivity index (χ2v) is 6.11. The molecule has 0 amide bonds. The normalized spacial score (nSPS) is 16.7. The van der Waals surface area contributed by atoms with Crippen LogP contribution in [-0.4, -0.2) is 34.4 Å². The van der Waals surface area contributed by atoms with Crippen LogP contribution in [0.4, 0.5) is 11.5 Å². The summed E-state index contributed by atoms with van der Waals surface area (Å²) in [7, 11) is 0. The molecule has 2 rings (SSSR count). The molecule has 0 radical (unpaired) electrons. The third kappa shape index (κ3) is 3.29. The molecule has 1 fully saturated rings. The average Bonchev–Trinajstić information content (AvgIpc) is 2.44. The molecule has 0 unspecified atom stereocenters. The Kier molecular flexibility index (Phi) is 4.72. The Balaban J connectivity index is 2.36. The minimum absolute atomic E-state index is 0.173. The van der Waals surface area contributed by atoms with E-state index in [1.54, 1.807) is 0 Å². The van der Waals surface area contributed by atoms with Gasteiger partial charge in [-0.1, -0.05) is 13.8 Å². The topological polar surface area (TPSA) is 104 Å². The Morgan fingerprint density at radius 1 is 1.33 bits per heavy atom. The van der Waals surface area contributed by atoms with E-state index in [1.165, 1.54) is 4.57 Å². The molecule has 0 aliphatic carbocycles. The van der Waals surface area contributed by atoms with E-state index in [-0.39, 0.29) is 24.3 Å². The molecule has 1 aliphatic heterocycles. The molecule has 0 spiro atoms. The predicted octanol–water partition coefficient (Wildman–Crippen LogP) is -0.0165. The molecule has 0 aromatic carbocycles. The predicted molar refractivity (Wildman–Crippen MR) is 82.6 cm³/mol. The highest BCUT2D eigenvalue weighted by Crippen LogP contribution is 2.24. The molecule has 4 N–H and O–H groups in total. The first-order chi connectivity index (χ1) is 9.93. The number of nitrogens with one attached hydrogen (secondary N) is 1. The van der Waals surface area contributed by atoms with Gasteiger partial charge in [-0.05, 0) is 24.7 Å². The van der Waals surface area contributed by atoms with Gasteiger partial charge in [-0.15, -0.1) is 0 Å². The molecule has 1 aromatic rings. The van der Waals surface area contributed by atoms with Gasteiger partial charge in [0.25, 0.3) is 5.56 Å². The summed E-state index contributed by atoms with van der Waals surface area (Å²) in [6.07, 6.45) is 1.64. The van der Waals surface area contributed by atoms with Crippen LogP contribution in [0.1, 0.15) is 26.7 Å². The number of nitrogens with two attached hydrogens (primary N) is 1. The number of hydrogen-bond donors (Lipinski definition) is 3. The summed E-state index contributed by atoms with van der Waals surface area (Å²) >= 11 is 0. The number of anilines is 2. The van der Waals surface area contributed by atoms with Crippen LogP contribution < -0.4 is 21.9 Å². The maximum atomic E-state index is 12.1. The molecule has 118 valence electrons. The van der Waals surface area contributed by atoms with Crippen LogP contribution in [0.15, 0.2) is 9.59 Å². The van der Waals surface area contributed by atoms with Gasteiger partial charge in [0.1, 0.15) is 11.5 Å². The standard InChI is InChI=1S/C14H24N4O3/c1-9(2)7-18-12(15)11(13(20)16-14(18)21)17-5-3-10(8-19)4-6-17/h9-10,19H,3-8,15H2,1-2H3,(H,16,20,21). The van der Waals surface area contributed by atoms with Crippen molar-refractivity contribution in [1.82, 2.24) is 9.55 Å². The summed E-state index contributed by atoms with van der Waals surface area (Å²) < 4.78 is 1.43. The van der Waals surface area contributed by atoms with E-state index in [1.807, 2.05) is 18.7 Å². The minimum Gasteiger partial charge on any atom is -0.396 e. The van der Waals surface area contributed by atoms with E-state index in [2.05, 4.69) is 4.98 Å². The highest BCUT2D eigenvalue weighted by molar-refractivity contribution is 5.62. The molecule has 0 bridgehead atoms. The lowest BCUT2D eigenvalue weighted by molar-refractivity contribution is 0.203. The minimum atomic E-state index is -0.458. The number of hydrogen-bond acceptors (Lipinski definition) is 5. The first-order valence-corrected chi connectivity index (χ1v) is 7.42. The van der Waals surface area contributed by atoms with Gasteiger partial charge in [0.2, 0.25) is 0 Å². The third-order valence-electron chi connectivity index (χ3n) is 3.95. The quantitative estimate of drug-likeness (QED) is 0.724. The van der Waals surface area contributed by atoms with Crippen molar-refractivity contribution in [3.05, 3.63) is 20.8 Å². The van der Waals surface area contributed by atoms with Gasteiger partial charge < -0.3 is 15.7 Å². The van der Waals surface area contributed by atoms with Crippen molar-refractivity contribution in [1.29, 1.82) is 0 Å². The Morgan fingerprint density at radius 3 is 2.48 bits per heavy atom. The summed E-state index contributed by atoms with van der Waals surface area (Å²) in [4.78, 5) is 28.3. The number of H-pyrrole nitrogens is 1. The first kappa shape index (κ1) is 15.6. The fourth-order valence-corrected chi connectivity index (χ4v) is 2.77. The van der Waals surface area contributed by atoms with Crippen molar-refractivity contribution in [2.75, 3.05) is 30.3 Å². The lowest BCUT2D eigenvalue weighted by Gasteiger charge is -2.33. The van der Waals surface area contributed by atoms with Gasteiger partial charge in [-0.25, -0.2) is 4.79 Å². The summed E-state index contributed by atoms with van der Waals surface area (Å²) in [6, 6.07) is 0. The van der Waals surface area contributed by atoms with E-state index in [4.69, 9.17) is 5.73 Å². The number of nitrogens with zero attached hydrogens (tertiary/aromatic N) is 2. The summed E-state index contributed by atoms with van der Waals surface area (Å²) in [5, 5.41) is 9.18. The smallest absolute Gasteiger partial charge is 0.330 e. The summed E-state index contributed by atoms with van der Waals surface area (Å²) in [5.41, 5.74) is 5.58. The fourth-order valence-electron chi connectivity index (χ4n) is 2.77. The molecule has 1 aliphatic rings. The van der Waals surface area contributed by atoms with Gasteiger partial charge in [0, 0.05) is 26.2 Å². The summed E-state index contributed by atoms with van der Waals surface area (Å²) in [6.45, 7) is 5.96. The maximum absolute atomic E-state index is 12.1. The lowest BCUT2D eigenvalue weighted by atomic mass is 9.97. The fraction of sp³-hybridized carbons (Fsp3) is 0.714. The van der Waals surface area contributed by atoms with Crippen LogP contribution in [0.2, 0.25) is 0 Å². The lowest BCUT2D eigenvalue weighted by Crippen LogP contribution is -2.42. The molecule has 1 aromatic heterocycles. The largest absolute Gasteiger partial charge is 0.396 e. The second-order valence-electron chi connectivity index (χ2n) is 6.11. The number of rotatable bonds is 4. The highest BCUT2D eigenvalue weighted by Gasteiger charge is 2.24. The molecular weight excluding hydrogens is 272 g/mol. The van der Waals surface area contributed by atoms with Gasteiger partial charge in [0.15, 0.2) is 0 Å². The number of aromatic amines is 1. The Bertz CT molecular complexity index is 597. The van der Waals surface area contributed by atoms with Gasteiger partial charge in [-0.2, -0.15) is 0 Å². The zero-order valence-electron chi connectivity index (χ0n) is 12.6. The molecule has 1 saturated heterocycles. The maximum Gasteiger partial charge on any atom is 0.330 e. The van der Waals surface area contributed by atoms with Crippen molar-refractivity contribution in [2.45, 2.75) is 33.2 Å². The molecule has 0 atom stereocenters. The molecular formula is C14H24N4O3. The SMILES string of the molecule is CC(C)Cn1c(N)c(N2CCC(CO)CC2)c(=O)[nH]c1=O. The highest BCUT2D eigenvalue weighted by atomic mass is 16.3. The van der Waals surface area contributed by atoms with Gasteiger partial charge in [0.05, 0.1) is 0 Å². The third-order valence-corrected chi connectivity index (χ3v) is 3.95. The van der Waals surface area contributed by atoms with Gasteiger partial charge in [-0.3, -0.25) is 14.3 Å². The van der Waals surface area contributed by atoms with E-state index < -0.39 is 11.2 Å². The van der Waals surface area contributed by atoms with Crippen LogP contribution in [-0.2, 0) is 6.54 Å². The first-order valence-electron chi connectivity index (χ1n) is 7.42. The zero-order valence-corrected chi connectivity index (χ0v) is 12.6. The van der Waals surface area contributed by atoms with Crippen LogP contribution in [0.5, 0.6) is 0 Å². The number of aromatic nitrogens is 2. The Morgan fingerprint density at radius 2 is 1.95 bits per heavy atom. The van der Waals surface area contributed by atoms with Crippen LogP contribution >= 0.6 is 0 Å².